The van der Waals surface area contributed by atoms with Gasteiger partial charge in [-0.3, -0.25) is 0 Å². The molecule has 1 aromatic rings. The highest BCUT2D eigenvalue weighted by Crippen LogP contribution is 2.65. The number of aryl methyl sites for hydroxylation is 1. The van der Waals surface area contributed by atoms with Gasteiger partial charge in [-0.25, -0.2) is 0 Å². The summed E-state index contributed by atoms with van der Waals surface area (Å²) >= 11 is 0. The maximum absolute atomic E-state index is 10.4. The molecule has 0 heterocycles. The van der Waals surface area contributed by atoms with Gasteiger partial charge in [-0.05, 0) is 120 Å². The summed E-state index contributed by atoms with van der Waals surface area (Å²) in [5.41, 5.74) is 5.03. The van der Waals surface area contributed by atoms with Crippen LogP contribution in [0.2, 0.25) is 16.6 Å². The second kappa shape index (κ2) is 10.3. The molecule has 7 atom stereocenters. The van der Waals surface area contributed by atoms with Gasteiger partial charge in [-0.2, -0.15) is 0 Å². The molecule has 3 nitrogen and oxygen atoms in total. The number of benzene rings is 1. The van der Waals surface area contributed by atoms with Crippen LogP contribution in [0.25, 0.3) is 0 Å². The second-order valence-electron chi connectivity index (χ2n) is 13.9. The van der Waals surface area contributed by atoms with Crippen LogP contribution in [0.3, 0.4) is 0 Å². The van der Waals surface area contributed by atoms with E-state index in [0.717, 1.165) is 29.8 Å². The summed E-state index contributed by atoms with van der Waals surface area (Å²) in [7, 11) is -0.237. The highest BCUT2D eigenvalue weighted by Gasteiger charge is 2.56. The van der Waals surface area contributed by atoms with Crippen LogP contribution >= 0.6 is 0 Å². The molecule has 0 aliphatic heterocycles. The molecule has 1 N–H and O–H groups in total. The number of hydrogen-bond acceptors (Lipinski definition) is 3. The van der Waals surface area contributed by atoms with Crippen LogP contribution < -0.4 is 9.16 Å². The number of fused-ring (bicyclic) bond motifs is 5. The van der Waals surface area contributed by atoms with Gasteiger partial charge in [0, 0.05) is 0 Å². The third-order valence-corrected chi connectivity index (χ3v) is 17.5. The number of ether oxygens (including phenoxy) is 1. The van der Waals surface area contributed by atoms with E-state index in [2.05, 4.69) is 67.5 Å². The fraction of sp³-hybridized carbons (Fsp3) is 0.812. The number of rotatable bonds is 8. The van der Waals surface area contributed by atoms with E-state index in [4.69, 9.17) is 9.16 Å². The fourth-order valence-corrected chi connectivity index (χ4v) is 14.8. The zero-order chi connectivity index (χ0) is 26.6. The molecule has 3 aliphatic rings. The predicted octanol–water partition coefficient (Wildman–Crippen LogP) is 8.74. The van der Waals surface area contributed by atoms with E-state index in [-0.39, 0.29) is 6.10 Å². The smallest absolute Gasteiger partial charge is 0.258 e. The molecule has 0 radical (unpaired) electrons. The summed E-state index contributed by atoms with van der Waals surface area (Å²) in [5.74, 6) is 5.14. The van der Waals surface area contributed by atoms with Crippen molar-refractivity contribution in [1.29, 1.82) is 0 Å². The van der Waals surface area contributed by atoms with Crippen molar-refractivity contribution in [1.82, 2.24) is 0 Å². The Hall–Kier alpha value is -1.00. The Morgan fingerprint density at radius 2 is 1.53 bits per heavy atom. The molecule has 36 heavy (non-hydrogen) atoms. The molecule has 4 rings (SSSR count). The first-order chi connectivity index (χ1) is 16.9. The van der Waals surface area contributed by atoms with Crippen LogP contribution in [-0.2, 0) is 6.42 Å². The maximum Gasteiger partial charge on any atom is 0.258 e. The summed E-state index contributed by atoms with van der Waals surface area (Å²) in [5, 5.41) is 10.4. The quantitative estimate of drug-likeness (QED) is 0.352. The molecular formula is C32H54O3Si. The Morgan fingerprint density at radius 1 is 0.889 bits per heavy atom. The Labute approximate surface area is 222 Å². The second-order valence-corrected chi connectivity index (χ2v) is 19.2. The molecule has 1 unspecified atom stereocenters. The lowest BCUT2D eigenvalue weighted by molar-refractivity contribution is -0.0154. The first kappa shape index (κ1) is 28.0. The normalized spacial score (nSPS) is 31.7. The molecule has 0 bridgehead atoms. The molecule has 2 saturated carbocycles. The first-order valence-corrected chi connectivity index (χ1v) is 17.1. The molecule has 2 fully saturated rings. The molecule has 3 aliphatic carbocycles. The van der Waals surface area contributed by atoms with Crippen molar-refractivity contribution in [3.63, 3.8) is 0 Å². The monoisotopic (exact) mass is 514 g/mol. The van der Waals surface area contributed by atoms with Crippen molar-refractivity contribution in [3.05, 3.63) is 23.3 Å². The lowest BCUT2D eigenvalue weighted by Gasteiger charge is -2.52. The molecule has 204 valence electrons. The molecule has 1 aromatic carbocycles. The standard InChI is InChI=1S/C32H54O3Si/c1-19(2)36(20(3)4,21(5)6)35-31-17-24-11-12-26-25(27(24)18-30(31)34-10)15-16-32(9)28(13-14-29(26)32)22(7)23(8)33/h17-23,25-26,28-29,33H,11-16H2,1-10H3/t22-,23?,25+,26-,28-,29+,32-/m1/s1. The minimum absolute atomic E-state index is 0.212. The molecule has 4 heteroatoms. The first-order valence-electron chi connectivity index (χ1n) is 15.0. The van der Waals surface area contributed by atoms with Gasteiger partial charge in [-0.15, -0.1) is 0 Å². The third-order valence-electron chi connectivity index (χ3n) is 11.5. The van der Waals surface area contributed by atoms with E-state index in [9.17, 15) is 5.11 Å². The fourth-order valence-electron chi connectivity index (χ4n) is 9.60. The van der Waals surface area contributed by atoms with Crippen molar-refractivity contribution >= 4 is 8.32 Å². The summed E-state index contributed by atoms with van der Waals surface area (Å²) in [6.45, 7) is 21.0. The van der Waals surface area contributed by atoms with Gasteiger partial charge in [0.1, 0.15) is 5.75 Å². The van der Waals surface area contributed by atoms with Crippen LogP contribution in [-0.4, -0.2) is 26.6 Å². The maximum atomic E-state index is 10.4. The Morgan fingerprint density at radius 3 is 2.08 bits per heavy atom. The van der Waals surface area contributed by atoms with E-state index in [1.165, 1.54) is 43.2 Å². The van der Waals surface area contributed by atoms with Gasteiger partial charge in [0.05, 0.1) is 13.2 Å². The van der Waals surface area contributed by atoms with Gasteiger partial charge in [0.15, 0.2) is 5.75 Å². The Kier molecular flexibility index (Phi) is 8.00. The molecule has 0 spiro atoms. The van der Waals surface area contributed by atoms with Crippen LogP contribution in [0.5, 0.6) is 11.5 Å². The van der Waals surface area contributed by atoms with Crippen LogP contribution in [0.1, 0.15) is 111 Å². The number of methoxy groups -OCH3 is 1. The van der Waals surface area contributed by atoms with E-state index in [1.54, 1.807) is 0 Å². The van der Waals surface area contributed by atoms with Gasteiger partial charge in [-0.1, -0.05) is 55.4 Å². The molecular weight excluding hydrogens is 460 g/mol. The third kappa shape index (κ3) is 4.36. The van der Waals surface area contributed by atoms with Crippen molar-refractivity contribution < 1.29 is 14.3 Å². The minimum Gasteiger partial charge on any atom is -0.540 e. The molecule has 0 aromatic heterocycles. The zero-order valence-corrected chi connectivity index (χ0v) is 25.9. The summed E-state index contributed by atoms with van der Waals surface area (Å²) in [6, 6.07) is 4.75. The van der Waals surface area contributed by atoms with E-state index in [1.807, 2.05) is 14.0 Å². The van der Waals surface area contributed by atoms with Gasteiger partial charge in [0.25, 0.3) is 8.32 Å². The average Bonchev–Trinajstić information content (AvgIpc) is 3.17. The van der Waals surface area contributed by atoms with Gasteiger partial charge in [0.2, 0.25) is 0 Å². The van der Waals surface area contributed by atoms with Crippen LogP contribution in [0.4, 0.5) is 0 Å². The Balaban J connectivity index is 1.66. The minimum atomic E-state index is -2.05. The highest BCUT2D eigenvalue weighted by molar-refractivity contribution is 6.78. The topological polar surface area (TPSA) is 38.7 Å². The van der Waals surface area contributed by atoms with Crippen molar-refractivity contribution in [2.24, 2.45) is 29.1 Å². The van der Waals surface area contributed by atoms with Crippen molar-refractivity contribution in [2.45, 2.75) is 129 Å². The summed E-state index contributed by atoms with van der Waals surface area (Å²) < 4.78 is 13.2. The van der Waals surface area contributed by atoms with Crippen LogP contribution in [0.15, 0.2) is 12.1 Å². The highest BCUT2D eigenvalue weighted by atomic mass is 28.4. The van der Waals surface area contributed by atoms with Crippen molar-refractivity contribution in [3.8, 4) is 11.5 Å². The number of aliphatic hydroxyl groups is 1. The SMILES string of the molecule is COc1cc2c(cc1O[Si](C(C)C)(C(C)C)C(C)C)CC[C@@H]1[C@@H]2CC[C@]2(C)[C@@H]([C@H](C)C(C)O)CC[C@@H]12. The Bertz CT molecular complexity index is 900. The lowest BCUT2D eigenvalue weighted by Crippen LogP contribution is -2.50. The largest absolute Gasteiger partial charge is 0.540 e. The van der Waals surface area contributed by atoms with Gasteiger partial charge < -0.3 is 14.3 Å². The van der Waals surface area contributed by atoms with E-state index in [0.29, 0.717) is 39.8 Å². The summed E-state index contributed by atoms with van der Waals surface area (Å²) in [6.07, 6.45) is 7.39. The number of hydrogen-bond donors (Lipinski definition) is 1. The van der Waals surface area contributed by atoms with Crippen molar-refractivity contribution in [2.75, 3.05) is 7.11 Å². The van der Waals surface area contributed by atoms with E-state index >= 15 is 0 Å². The number of aliphatic hydroxyl groups excluding tert-OH is 1. The lowest BCUT2D eigenvalue weighted by atomic mass is 9.53. The predicted molar refractivity (Wildman–Crippen MR) is 154 cm³/mol. The summed E-state index contributed by atoms with van der Waals surface area (Å²) in [4.78, 5) is 0. The van der Waals surface area contributed by atoms with E-state index < -0.39 is 8.32 Å². The molecule has 0 saturated heterocycles. The van der Waals surface area contributed by atoms with Crippen LogP contribution in [0, 0.1) is 29.1 Å². The zero-order valence-electron chi connectivity index (χ0n) is 24.9. The molecule has 0 amide bonds. The van der Waals surface area contributed by atoms with Gasteiger partial charge >= 0.3 is 0 Å². The average molecular weight is 515 g/mol.